The zero-order chi connectivity index (χ0) is 15.3. The molecule has 112 valence electrons. The van der Waals surface area contributed by atoms with Crippen LogP contribution in [0.5, 0.6) is 0 Å². The summed E-state index contributed by atoms with van der Waals surface area (Å²) < 4.78 is 16.2. The molecule has 1 fully saturated rings. The fraction of sp³-hybridized carbons (Fsp3) is 0.833. The third-order valence-corrected chi connectivity index (χ3v) is 3.21. The van der Waals surface area contributed by atoms with E-state index in [1.54, 1.807) is 13.8 Å². The standard InChI is InChI=1S/C12H19N3O5/c1-6-10(5-14-15-13)18-7(2)12(20-9(4)17)11(6)19-8(3)16/h6-7,10-12H,5H2,1-4H3. The molecule has 0 bridgehead atoms. The normalized spacial score (nSPS) is 32.9. The van der Waals surface area contributed by atoms with Gasteiger partial charge in [-0.15, -0.1) is 0 Å². The van der Waals surface area contributed by atoms with Crippen LogP contribution in [0.1, 0.15) is 27.7 Å². The van der Waals surface area contributed by atoms with Crippen LogP contribution in [0, 0.1) is 5.92 Å². The third-order valence-electron chi connectivity index (χ3n) is 3.21. The minimum absolute atomic E-state index is 0.132. The summed E-state index contributed by atoms with van der Waals surface area (Å²) in [7, 11) is 0. The lowest BCUT2D eigenvalue weighted by Crippen LogP contribution is -2.56. The van der Waals surface area contributed by atoms with Gasteiger partial charge in [-0.2, -0.15) is 0 Å². The van der Waals surface area contributed by atoms with Crippen molar-refractivity contribution in [3.63, 3.8) is 0 Å². The SMILES string of the molecule is CC(=O)OC1C(C)OC(CN=[N+]=[N-])C(C)C1OC(C)=O. The van der Waals surface area contributed by atoms with E-state index in [1.165, 1.54) is 13.8 Å². The molecule has 0 aliphatic carbocycles. The topological polar surface area (TPSA) is 111 Å². The fourth-order valence-corrected chi connectivity index (χ4v) is 2.30. The van der Waals surface area contributed by atoms with Crippen molar-refractivity contribution in [3.8, 4) is 0 Å². The van der Waals surface area contributed by atoms with Crippen LogP contribution in [0.3, 0.4) is 0 Å². The number of ether oxygens (including phenoxy) is 3. The number of azide groups is 1. The smallest absolute Gasteiger partial charge is 0.303 e. The lowest BCUT2D eigenvalue weighted by Gasteiger charge is -2.43. The fourth-order valence-electron chi connectivity index (χ4n) is 2.30. The molecule has 1 aliphatic rings. The van der Waals surface area contributed by atoms with Crippen molar-refractivity contribution in [2.75, 3.05) is 6.54 Å². The van der Waals surface area contributed by atoms with Crippen molar-refractivity contribution in [1.82, 2.24) is 0 Å². The van der Waals surface area contributed by atoms with Gasteiger partial charge in [-0.25, -0.2) is 0 Å². The molecule has 1 aliphatic heterocycles. The second kappa shape index (κ2) is 7.12. The number of carbonyl (C=O) groups is 2. The number of esters is 2. The van der Waals surface area contributed by atoms with E-state index in [0.29, 0.717) is 0 Å². The van der Waals surface area contributed by atoms with Crippen LogP contribution in [0.4, 0.5) is 0 Å². The van der Waals surface area contributed by atoms with Crippen molar-refractivity contribution in [1.29, 1.82) is 0 Å². The summed E-state index contributed by atoms with van der Waals surface area (Å²) >= 11 is 0. The second-order valence-electron chi connectivity index (χ2n) is 4.80. The van der Waals surface area contributed by atoms with E-state index in [2.05, 4.69) is 10.0 Å². The molecule has 0 saturated carbocycles. The molecule has 5 unspecified atom stereocenters. The van der Waals surface area contributed by atoms with Gasteiger partial charge in [0.25, 0.3) is 0 Å². The highest BCUT2D eigenvalue weighted by Crippen LogP contribution is 2.30. The number of carbonyl (C=O) groups excluding carboxylic acids is 2. The molecule has 0 aromatic rings. The monoisotopic (exact) mass is 285 g/mol. The molecule has 0 aromatic heterocycles. The van der Waals surface area contributed by atoms with Crippen molar-refractivity contribution in [3.05, 3.63) is 10.4 Å². The molecule has 0 spiro atoms. The summed E-state index contributed by atoms with van der Waals surface area (Å²) in [6.07, 6.45) is -2.15. The van der Waals surface area contributed by atoms with Crippen LogP contribution >= 0.6 is 0 Å². The van der Waals surface area contributed by atoms with Crippen LogP contribution in [0.15, 0.2) is 5.11 Å². The Balaban J connectivity index is 2.93. The molecule has 0 radical (unpaired) electrons. The maximum Gasteiger partial charge on any atom is 0.303 e. The lowest BCUT2D eigenvalue weighted by atomic mass is 9.88. The first kappa shape index (κ1) is 16.3. The van der Waals surface area contributed by atoms with Crippen molar-refractivity contribution < 1.29 is 23.8 Å². The summed E-state index contributed by atoms with van der Waals surface area (Å²) in [5, 5.41) is 3.49. The molecular formula is C12H19N3O5. The Morgan fingerprint density at radius 1 is 1.20 bits per heavy atom. The van der Waals surface area contributed by atoms with Crippen molar-refractivity contribution in [2.45, 2.75) is 52.1 Å². The highest BCUT2D eigenvalue weighted by atomic mass is 16.6. The summed E-state index contributed by atoms with van der Waals surface area (Å²) in [6.45, 7) is 6.23. The highest BCUT2D eigenvalue weighted by Gasteiger charge is 2.45. The van der Waals surface area contributed by atoms with E-state index in [-0.39, 0.29) is 12.5 Å². The average Bonchev–Trinajstić information content (AvgIpc) is 2.35. The van der Waals surface area contributed by atoms with Gasteiger partial charge in [0.05, 0.1) is 18.8 Å². The first-order valence-corrected chi connectivity index (χ1v) is 6.37. The summed E-state index contributed by atoms with van der Waals surface area (Å²) in [6, 6.07) is 0. The zero-order valence-corrected chi connectivity index (χ0v) is 12.0. The van der Waals surface area contributed by atoms with Gasteiger partial charge < -0.3 is 14.2 Å². The quantitative estimate of drug-likeness (QED) is 0.337. The largest absolute Gasteiger partial charge is 0.458 e. The number of hydrogen-bond donors (Lipinski definition) is 0. The molecule has 1 rings (SSSR count). The first-order chi connectivity index (χ1) is 9.36. The van der Waals surface area contributed by atoms with Crippen molar-refractivity contribution >= 4 is 11.9 Å². The van der Waals surface area contributed by atoms with Crippen LogP contribution in [0.25, 0.3) is 10.4 Å². The van der Waals surface area contributed by atoms with Gasteiger partial charge in [0.2, 0.25) is 0 Å². The predicted octanol–water partition coefficient (Wildman–Crippen LogP) is 1.58. The van der Waals surface area contributed by atoms with E-state index >= 15 is 0 Å². The van der Waals surface area contributed by atoms with Crippen LogP contribution in [0.2, 0.25) is 0 Å². The average molecular weight is 285 g/mol. The molecule has 0 N–H and O–H groups in total. The number of hydrogen-bond acceptors (Lipinski definition) is 6. The van der Waals surface area contributed by atoms with Gasteiger partial charge in [0, 0.05) is 24.7 Å². The number of rotatable bonds is 4. The Kier molecular flexibility index (Phi) is 5.79. The lowest BCUT2D eigenvalue weighted by molar-refractivity contribution is -0.218. The Hall–Kier alpha value is -1.79. The molecule has 8 heteroatoms. The summed E-state index contributed by atoms with van der Waals surface area (Å²) in [4.78, 5) is 25.1. The van der Waals surface area contributed by atoms with E-state index in [1.807, 2.05) is 0 Å². The molecular weight excluding hydrogens is 266 g/mol. The molecule has 8 nitrogen and oxygen atoms in total. The molecule has 0 amide bonds. The number of nitrogens with zero attached hydrogens (tertiary/aromatic N) is 3. The molecule has 5 atom stereocenters. The maximum atomic E-state index is 11.2. The van der Waals surface area contributed by atoms with E-state index in [9.17, 15) is 9.59 Å². The van der Waals surface area contributed by atoms with Gasteiger partial charge in [-0.05, 0) is 12.5 Å². The van der Waals surface area contributed by atoms with Gasteiger partial charge in [-0.3, -0.25) is 9.59 Å². The van der Waals surface area contributed by atoms with Gasteiger partial charge in [0.15, 0.2) is 6.10 Å². The van der Waals surface area contributed by atoms with E-state index < -0.39 is 36.4 Å². The van der Waals surface area contributed by atoms with Gasteiger partial charge >= 0.3 is 11.9 Å². The molecule has 1 saturated heterocycles. The highest BCUT2D eigenvalue weighted by molar-refractivity contribution is 5.67. The predicted molar refractivity (Wildman–Crippen MR) is 68.6 cm³/mol. The zero-order valence-electron chi connectivity index (χ0n) is 12.0. The molecule has 1 heterocycles. The first-order valence-electron chi connectivity index (χ1n) is 6.37. The Morgan fingerprint density at radius 2 is 1.75 bits per heavy atom. The minimum atomic E-state index is -0.672. The minimum Gasteiger partial charge on any atom is -0.458 e. The summed E-state index contributed by atoms with van der Waals surface area (Å²) in [5.41, 5.74) is 8.38. The van der Waals surface area contributed by atoms with E-state index in [0.717, 1.165) is 0 Å². The van der Waals surface area contributed by atoms with Gasteiger partial charge in [0.1, 0.15) is 6.10 Å². The summed E-state index contributed by atoms with van der Waals surface area (Å²) in [5.74, 6) is -1.19. The Bertz CT molecular complexity index is 421. The van der Waals surface area contributed by atoms with E-state index in [4.69, 9.17) is 19.7 Å². The third kappa shape index (κ3) is 4.11. The maximum absolute atomic E-state index is 11.2. The Labute approximate surface area is 117 Å². The van der Waals surface area contributed by atoms with Crippen molar-refractivity contribution in [2.24, 2.45) is 11.0 Å². The van der Waals surface area contributed by atoms with Gasteiger partial charge in [-0.1, -0.05) is 12.0 Å². The van der Waals surface area contributed by atoms with Crippen LogP contribution in [-0.2, 0) is 23.8 Å². The second-order valence-corrected chi connectivity index (χ2v) is 4.80. The Morgan fingerprint density at radius 3 is 2.25 bits per heavy atom. The van der Waals surface area contributed by atoms with Crippen LogP contribution < -0.4 is 0 Å². The molecule has 0 aromatic carbocycles. The molecule has 20 heavy (non-hydrogen) atoms. The van der Waals surface area contributed by atoms with Crippen LogP contribution in [-0.4, -0.2) is 42.9 Å².